The molecule has 0 bridgehead atoms. The van der Waals surface area contributed by atoms with Crippen molar-refractivity contribution < 1.29 is 0 Å². The first-order chi connectivity index (χ1) is 9.11. The Morgan fingerprint density at radius 1 is 1.42 bits per heavy atom. The molecule has 2 rings (SSSR count). The standard InChI is InChI=1S/C13H19N5S/c1-4-11(14)8-10-6-5-7-15-12(10)19-13-17-16-9(2)18(13)3/h5-7,11H,4,8,14H2,1-3H3. The van der Waals surface area contributed by atoms with Crippen LogP contribution in [0, 0.1) is 6.92 Å². The van der Waals surface area contributed by atoms with Gasteiger partial charge in [0, 0.05) is 19.3 Å². The van der Waals surface area contributed by atoms with Gasteiger partial charge in [-0.1, -0.05) is 13.0 Å². The van der Waals surface area contributed by atoms with E-state index in [9.17, 15) is 0 Å². The highest BCUT2D eigenvalue weighted by Crippen LogP contribution is 2.27. The molecule has 1 atom stereocenters. The molecule has 2 aromatic rings. The van der Waals surface area contributed by atoms with Gasteiger partial charge in [0.15, 0.2) is 5.16 Å². The molecule has 0 aliphatic rings. The van der Waals surface area contributed by atoms with Gasteiger partial charge in [-0.05, 0) is 43.2 Å². The molecule has 2 N–H and O–H groups in total. The van der Waals surface area contributed by atoms with Crippen LogP contribution in [0.25, 0.3) is 0 Å². The summed E-state index contributed by atoms with van der Waals surface area (Å²) in [6, 6.07) is 4.20. The largest absolute Gasteiger partial charge is 0.327 e. The highest BCUT2D eigenvalue weighted by Gasteiger charge is 2.12. The molecule has 0 fully saturated rings. The van der Waals surface area contributed by atoms with Crippen molar-refractivity contribution in [3.8, 4) is 0 Å². The van der Waals surface area contributed by atoms with Gasteiger partial charge in [-0.3, -0.25) is 0 Å². The van der Waals surface area contributed by atoms with Crippen molar-refractivity contribution in [2.24, 2.45) is 12.8 Å². The monoisotopic (exact) mass is 277 g/mol. The van der Waals surface area contributed by atoms with Crippen molar-refractivity contribution in [3.63, 3.8) is 0 Å². The number of hydrogen-bond acceptors (Lipinski definition) is 5. The van der Waals surface area contributed by atoms with Crippen LogP contribution >= 0.6 is 11.8 Å². The average molecular weight is 277 g/mol. The summed E-state index contributed by atoms with van der Waals surface area (Å²) < 4.78 is 1.96. The second-order valence-electron chi connectivity index (χ2n) is 4.53. The quantitative estimate of drug-likeness (QED) is 0.904. The molecule has 0 saturated carbocycles. The summed E-state index contributed by atoms with van der Waals surface area (Å²) in [5.41, 5.74) is 7.20. The van der Waals surface area contributed by atoms with Crippen LogP contribution in [0.3, 0.4) is 0 Å². The van der Waals surface area contributed by atoms with E-state index in [1.54, 1.807) is 6.20 Å². The number of nitrogens with two attached hydrogens (primary N) is 1. The lowest BCUT2D eigenvalue weighted by atomic mass is 10.1. The maximum Gasteiger partial charge on any atom is 0.197 e. The zero-order valence-electron chi connectivity index (χ0n) is 11.5. The third-order valence-electron chi connectivity index (χ3n) is 3.10. The molecule has 6 heteroatoms. The molecular weight excluding hydrogens is 258 g/mol. The first-order valence-corrected chi connectivity index (χ1v) is 7.16. The summed E-state index contributed by atoms with van der Waals surface area (Å²) in [6.07, 6.45) is 3.60. The summed E-state index contributed by atoms with van der Waals surface area (Å²) in [4.78, 5) is 4.44. The van der Waals surface area contributed by atoms with Gasteiger partial charge in [0.2, 0.25) is 0 Å². The fourth-order valence-electron chi connectivity index (χ4n) is 1.66. The van der Waals surface area contributed by atoms with Crippen molar-refractivity contribution in [2.45, 2.75) is 42.9 Å². The number of aryl methyl sites for hydroxylation is 1. The van der Waals surface area contributed by atoms with Crippen LogP contribution in [0.5, 0.6) is 0 Å². The van der Waals surface area contributed by atoms with Crippen LogP contribution < -0.4 is 5.73 Å². The predicted molar refractivity (Wildman–Crippen MR) is 76.1 cm³/mol. The molecule has 0 radical (unpaired) electrons. The molecule has 2 heterocycles. The van der Waals surface area contributed by atoms with Gasteiger partial charge < -0.3 is 10.3 Å². The lowest BCUT2D eigenvalue weighted by Crippen LogP contribution is -2.21. The van der Waals surface area contributed by atoms with Gasteiger partial charge in [0.05, 0.1) is 0 Å². The highest BCUT2D eigenvalue weighted by atomic mass is 32.2. The van der Waals surface area contributed by atoms with Gasteiger partial charge in [0.1, 0.15) is 10.9 Å². The van der Waals surface area contributed by atoms with Gasteiger partial charge >= 0.3 is 0 Å². The summed E-state index contributed by atoms with van der Waals surface area (Å²) in [5.74, 6) is 0.894. The molecule has 0 spiro atoms. The molecule has 19 heavy (non-hydrogen) atoms. The second-order valence-corrected chi connectivity index (χ2v) is 5.49. The zero-order chi connectivity index (χ0) is 13.8. The molecule has 0 aliphatic heterocycles. The lowest BCUT2D eigenvalue weighted by molar-refractivity contribution is 0.637. The highest BCUT2D eigenvalue weighted by molar-refractivity contribution is 7.99. The maximum absolute atomic E-state index is 6.03. The van der Waals surface area contributed by atoms with E-state index in [2.05, 4.69) is 28.2 Å². The Balaban J connectivity index is 2.22. The van der Waals surface area contributed by atoms with Crippen molar-refractivity contribution in [1.29, 1.82) is 0 Å². The number of nitrogens with zero attached hydrogens (tertiary/aromatic N) is 4. The second kappa shape index (κ2) is 6.16. The van der Waals surface area contributed by atoms with Crippen molar-refractivity contribution >= 4 is 11.8 Å². The van der Waals surface area contributed by atoms with E-state index in [0.29, 0.717) is 0 Å². The molecule has 102 valence electrons. The van der Waals surface area contributed by atoms with E-state index in [1.807, 2.05) is 24.6 Å². The predicted octanol–water partition coefficient (Wildman–Crippen LogP) is 1.95. The fraction of sp³-hybridized carbons (Fsp3) is 0.462. The molecule has 5 nitrogen and oxygen atoms in total. The van der Waals surface area contributed by atoms with Crippen LogP contribution in [-0.2, 0) is 13.5 Å². The number of hydrogen-bond donors (Lipinski definition) is 1. The van der Waals surface area contributed by atoms with Crippen LogP contribution in [0.4, 0.5) is 0 Å². The van der Waals surface area contributed by atoms with Gasteiger partial charge in [-0.15, -0.1) is 10.2 Å². The minimum atomic E-state index is 0.171. The minimum Gasteiger partial charge on any atom is -0.327 e. The Kier molecular flexibility index (Phi) is 4.55. The molecule has 0 aliphatic carbocycles. The van der Waals surface area contributed by atoms with Gasteiger partial charge in [0.25, 0.3) is 0 Å². The molecule has 0 aromatic carbocycles. The SMILES string of the molecule is CCC(N)Cc1cccnc1Sc1nnc(C)n1C. The Morgan fingerprint density at radius 3 is 2.84 bits per heavy atom. The topological polar surface area (TPSA) is 69.6 Å². The summed E-state index contributed by atoms with van der Waals surface area (Å²) in [5, 5.41) is 10.0. The van der Waals surface area contributed by atoms with Crippen LogP contribution in [-0.4, -0.2) is 25.8 Å². The van der Waals surface area contributed by atoms with E-state index in [0.717, 1.165) is 28.8 Å². The summed E-state index contributed by atoms with van der Waals surface area (Å²) in [7, 11) is 1.96. The molecule has 2 aromatic heterocycles. The van der Waals surface area contributed by atoms with E-state index >= 15 is 0 Å². The minimum absolute atomic E-state index is 0.171. The van der Waals surface area contributed by atoms with E-state index < -0.39 is 0 Å². The van der Waals surface area contributed by atoms with Crippen LogP contribution in [0.15, 0.2) is 28.5 Å². The molecule has 0 saturated heterocycles. The molecule has 0 amide bonds. The summed E-state index contributed by atoms with van der Waals surface area (Å²) >= 11 is 1.54. The van der Waals surface area contributed by atoms with Crippen molar-refractivity contribution in [2.75, 3.05) is 0 Å². The number of aromatic nitrogens is 4. The normalized spacial score (nSPS) is 12.6. The zero-order valence-corrected chi connectivity index (χ0v) is 12.3. The maximum atomic E-state index is 6.03. The lowest BCUT2D eigenvalue weighted by Gasteiger charge is -2.11. The Bertz CT molecular complexity index is 552. The van der Waals surface area contributed by atoms with E-state index in [1.165, 1.54) is 17.3 Å². The number of pyridine rings is 1. The Labute approximate surface area is 117 Å². The summed E-state index contributed by atoms with van der Waals surface area (Å²) in [6.45, 7) is 4.03. The Morgan fingerprint density at radius 2 is 2.21 bits per heavy atom. The third-order valence-corrected chi connectivity index (χ3v) is 4.20. The van der Waals surface area contributed by atoms with Gasteiger partial charge in [-0.2, -0.15) is 0 Å². The van der Waals surface area contributed by atoms with Crippen molar-refractivity contribution in [1.82, 2.24) is 19.7 Å². The van der Waals surface area contributed by atoms with E-state index in [-0.39, 0.29) is 6.04 Å². The molecule has 1 unspecified atom stereocenters. The fourth-order valence-corrected chi connectivity index (χ4v) is 2.58. The van der Waals surface area contributed by atoms with Crippen LogP contribution in [0.2, 0.25) is 0 Å². The molecular formula is C13H19N5S. The number of rotatable bonds is 5. The van der Waals surface area contributed by atoms with Crippen LogP contribution in [0.1, 0.15) is 24.7 Å². The Hall–Kier alpha value is -1.40. The first kappa shape index (κ1) is 14.0. The van der Waals surface area contributed by atoms with Crippen molar-refractivity contribution in [3.05, 3.63) is 29.7 Å². The van der Waals surface area contributed by atoms with Gasteiger partial charge in [-0.25, -0.2) is 4.98 Å². The smallest absolute Gasteiger partial charge is 0.197 e. The average Bonchev–Trinajstić information content (AvgIpc) is 2.73. The first-order valence-electron chi connectivity index (χ1n) is 6.35. The third kappa shape index (κ3) is 3.33. The van der Waals surface area contributed by atoms with E-state index in [4.69, 9.17) is 5.73 Å².